The van der Waals surface area contributed by atoms with Crippen molar-refractivity contribution < 1.29 is 14.3 Å². The van der Waals surface area contributed by atoms with Gasteiger partial charge in [0.25, 0.3) is 5.91 Å². The monoisotopic (exact) mass is 321 g/mol. The summed E-state index contributed by atoms with van der Waals surface area (Å²) in [5.74, 6) is 0.395. The Bertz CT molecular complexity index is 633. The minimum Gasteiger partial charge on any atom is -0.482 e. The predicted molar refractivity (Wildman–Crippen MR) is 80.8 cm³/mol. The quantitative estimate of drug-likeness (QED) is 0.935. The van der Waals surface area contributed by atoms with Crippen LogP contribution in [0.4, 0.5) is 0 Å². The van der Waals surface area contributed by atoms with E-state index in [-0.39, 0.29) is 18.6 Å². The highest BCUT2D eigenvalue weighted by atomic mass is 35.5. The predicted octanol–water partition coefficient (Wildman–Crippen LogP) is 2.04. The average Bonchev–Trinajstić information content (AvgIpc) is 3.08. The number of rotatable bonds is 4. The van der Waals surface area contributed by atoms with Gasteiger partial charge in [-0.3, -0.25) is 9.89 Å². The zero-order valence-electron chi connectivity index (χ0n) is 11.9. The fraction of sp³-hybridized carbons (Fsp3) is 0.333. The molecule has 3 rings (SSSR count). The zero-order chi connectivity index (χ0) is 15.4. The maximum atomic E-state index is 12.5. The van der Waals surface area contributed by atoms with Crippen LogP contribution in [-0.2, 0) is 9.53 Å². The molecule has 1 N–H and O–H groups in total. The van der Waals surface area contributed by atoms with Gasteiger partial charge in [0.15, 0.2) is 6.61 Å². The molecule has 1 aliphatic heterocycles. The Morgan fingerprint density at radius 2 is 2.32 bits per heavy atom. The number of para-hydroxylation sites is 1. The highest BCUT2D eigenvalue weighted by Gasteiger charge is 2.29. The summed E-state index contributed by atoms with van der Waals surface area (Å²) < 4.78 is 11.0. The molecule has 2 heterocycles. The van der Waals surface area contributed by atoms with Crippen molar-refractivity contribution in [1.82, 2.24) is 15.1 Å². The number of halogens is 1. The number of hydrogen-bond donors (Lipinski definition) is 1. The number of hydrogen-bond acceptors (Lipinski definition) is 4. The van der Waals surface area contributed by atoms with Gasteiger partial charge < -0.3 is 14.4 Å². The zero-order valence-corrected chi connectivity index (χ0v) is 12.6. The molecule has 2 aromatic rings. The molecule has 0 unspecified atom stereocenters. The lowest BCUT2D eigenvalue weighted by Crippen LogP contribution is -2.45. The van der Waals surface area contributed by atoms with Gasteiger partial charge in [0.1, 0.15) is 5.75 Å². The smallest absolute Gasteiger partial charge is 0.261 e. The summed E-state index contributed by atoms with van der Waals surface area (Å²) in [6.07, 6.45) is 1.66. The first-order valence-corrected chi connectivity index (χ1v) is 7.37. The SMILES string of the molecule is O=C(COc1ccccc1Cl)N1CCOC[C@H]1c1ccn[nH]1. The topological polar surface area (TPSA) is 67.4 Å². The van der Waals surface area contributed by atoms with Gasteiger partial charge in [0.2, 0.25) is 0 Å². The summed E-state index contributed by atoms with van der Waals surface area (Å²) in [7, 11) is 0. The third-order valence-corrected chi connectivity index (χ3v) is 3.83. The molecule has 0 aliphatic carbocycles. The van der Waals surface area contributed by atoms with Crippen molar-refractivity contribution in [1.29, 1.82) is 0 Å². The minimum atomic E-state index is -0.168. The average molecular weight is 322 g/mol. The fourth-order valence-electron chi connectivity index (χ4n) is 2.40. The molecule has 116 valence electrons. The molecule has 1 aromatic heterocycles. The molecule has 6 nitrogen and oxygen atoms in total. The molecule has 1 saturated heterocycles. The van der Waals surface area contributed by atoms with Crippen molar-refractivity contribution in [2.24, 2.45) is 0 Å². The van der Waals surface area contributed by atoms with Gasteiger partial charge in [0.05, 0.1) is 30.0 Å². The van der Waals surface area contributed by atoms with Crippen molar-refractivity contribution in [2.75, 3.05) is 26.4 Å². The summed E-state index contributed by atoms with van der Waals surface area (Å²) in [4.78, 5) is 14.2. The molecule has 0 bridgehead atoms. The fourth-order valence-corrected chi connectivity index (χ4v) is 2.59. The molecular weight excluding hydrogens is 306 g/mol. The van der Waals surface area contributed by atoms with E-state index in [4.69, 9.17) is 21.1 Å². The molecule has 1 aromatic carbocycles. The van der Waals surface area contributed by atoms with E-state index in [1.54, 1.807) is 23.2 Å². The summed E-state index contributed by atoms with van der Waals surface area (Å²) in [6.45, 7) is 1.42. The van der Waals surface area contributed by atoms with Gasteiger partial charge in [0, 0.05) is 12.7 Å². The van der Waals surface area contributed by atoms with Crippen molar-refractivity contribution >= 4 is 17.5 Å². The number of benzene rings is 1. The molecule has 7 heteroatoms. The second kappa shape index (κ2) is 6.81. The van der Waals surface area contributed by atoms with Gasteiger partial charge in [-0.2, -0.15) is 5.10 Å². The van der Waals surface area contributed by atoms with Gasteiger partial charge in [-0.15, -0.1) is 0 Å². The number of nitrogens with zero attached hydrogens (tertiary/aromatic N) is 2. The summed E-state index contributed by atoms with van der Waals surface area (Å²) >= 11 is 6.02. The van der Waals surface area contributed by atoms with Crippen LogP contribution in [0.3, 0.4) is 0 Å². The van der Waals surface area contributed by atoms with Gasteiger partial charge >= 0.3 is 0 Å². The lowest BCUT2D eigenvalue weighted by molar-refractivity contribution is -0.142. The molecule has 1 aliphatic rings. The Kier molecular flexibility index (Phi) is 4.60. The first kappa shape index (κ1) is 14.9. The van der Waals surface area contributed by atoms with Crippen LogP contribution in [0.2, 0.25) is 5.02 Å². The van der Waals surface area contributed by atoms with E-state index in [1.165, 1.54) is 0 Å². The number of ether oxygens (including phenoxy) is 2. The summed E-state index contributed by atoms with van der Waals surface area (Å²) in [6, 6.07) is 8.76. The Labute approximate surface area is 133 Å². The van der Waals surface area contributed by atoms with E-state index in [9.17, 15) is 4.79 Å². The number of aromatic nitrogens is 2. The van der Waals surface area contributed by atoms with Crippen LogP contribution in [0, 0.1) is 0 Å². The van der Waals surface area contributed by atoms with E-state index < -0.39 is 0 Å². The van der Waals surface area contributed by atoms with Gasteiger partial charge in [-0.1, -0.05) is 23.7 Å². The molecule has 1 fully saturated rings. The van der Waals surface area contributed by atoms with E-state index in [2.05, 4.69) is 10.2 Å². The van der Waals surface area contributed by atoms with E-state index in [0.717, 1.165) is 5.69 Å². The Morgan fingerprint density at radius 3 is 3.09 bits per heavy atom. The van der Waals surface area contributed by atoms with Crippen molar-refractivity contribution in [3.63, 3.8) is 0 Å². The van der Waals surface area contributed by atoms with Crippen molar-refractivity contribution in [3.8, 4) is 5.75 Å². The largest absolute Gasteiger partial charge is 0.482 e. The van der Waals surface area contributed by atoms with Crippen LogP contribution in [0.15, 0.2) is 36.5 Å². The lowest BCUT2D eigenvalue weighted by Gasteiger charge is -2.34. The summed E-state index contributed by atoms with van der Waals surface area (Å²) in [5.41, 5.74) is 0.853. The van der Waals surface area contributed by atoms with Crippen LogP contribution < -0.4 is 4.74 Å². The highest BCUT2D eigenvalue weighted by Crippen LogP contribution is 2.25. The number of amides is 1. The third-order valence-electron chi connectivity index (χ3n) is 3.52. The Balaban J connectivity index is 1.66. The molecular formula is C15H16ClN3O3. The van der Waals surface area contributed by atoms with E-state index in [0.29, 0.717) is 30.5 Å². The van der Waals surface area contributed by atoms with Crippen molar-refractivity contribution in [2.45, 2.75) is 6.04 Å². The van der Waals surface area contributed by atoms with Crippen LogP contribution >= 0.6 is 11.6 Å². The van der Waals surface area contributed by atoms with E-state index in [1.807, 2.05) is 18.2 Å². The standard InChI is InChI=1S/C15H16ClN3O3/c16-11-3-1-2-4-14(11)22-10-15(20)19-7-8-21-9-13(19)12-5-6-17-18-12/h1-6,13H,7-10H2,(H,17,18)/t13-/m0/s1. The normalized spacial score (nSPS) is 18.2. The lowest BCUT2D eigenvalue weighted by atomic mass is 10.1. The van der Waals surface area contributed by atoms with Crippen LogP contribution in [0.1, 0.15) is 11.7 Å². The first-order chi connectivity index (χ1) is 10.8. The van der Waals surface area contributed by atoms with Crippen molar-refractivity contribution in [3.05, 3.63) is 47.2 Å². The number of carbonyl (C=O) groups excluding carboxylic acids is 1. The summed E-state index contributed by atoms with van der Waals surface area (Å²) in [5, 5.41) is 7.31. The minimum absolute atomic E-state index is 0.0611. The maximum Gasteiger partial charge on any atom is 0.261 e. The number of morpholine rings is 1. The van der Waals surface area contributed by atoms with Crippen LogP contribution in [0.25, 0.3) is 0 Å². The highest BCUT2D eigenvalue weighted by molar-refractivity contribution is 6.32. The first-order valence-electron chi connectivity index (χ1n) is 6.99. The molecule has 1 amide bonds. The maximum absolute atomic E-state index is 12.5. The van der Waals surface area contributed by atoms with E-state index >= 15 is 0 Å². The second-order valence-corrected chi connectivity index (χ2v) is 5.32. The van der Waals surface area contributed by atoms with Crippen LogP contribution in [0.5, 0.6) is 5.75 Å². The van der Waals surface area contributed by atoms with Gasteiger partial charge in [-0.05, 0) is 18.2 Å². The van der Waals surface area contributed by atoms with Gasteiger partial charge in [-0.25, -0.2) is 0 Å². The molecule has 0 radical (unpaired) electrons. The Morgan fingerprint density at radius 1 is 1.45 bits per heavy atom. The molecule has 22 heavy (non-hydrogen) atoms. The second-order valence-electron chi connectivity index (χ2n) is 4.91. The van der Waals surface area contributed by atoms with Crippen LogP contribution in [-0.4, -0.2) is 47.4 Å². The Hall–Kier alpha value is -2.05. The molecule has 1 atom stereocenters. The number of nitrogens with one attached hydrogen (secondary N) is 1. The molecule has 0 spiro atoms. The number of aromatic amines is 1. The molecule has 0 saturated carbocycles. The number of carbonyl (C=O) groups is 1. The number of H-pyrrole nitrogens is 1. The third kappa shape index (κ3) is 3.23.